The van der Waals surface area contributed by atoms with Crippen LogP contribution in [0.15, 0.2) is 24.3 Å². The number of halogens is 1. The van der Waals surface area contributed by atoms with Crippen LogP contribution in [0.2, 0.25) is 0 Å². The minimum absolute atomic E-state index is 0.0331. The van der Waals surface area contributed by atoms with Crippen molar-refractivity contribution in [3.05, 3.63) is 41.3 Å². The van der Waals surface area contributed by atoms with Crippen LogP contribution in [0.1, 0.15) is 11.3 Å². The summed E-state index contributed by atoms with van der Waals surface area (Å²) < 4.78 is 20.0. The topological polar surface area (TPSA) is 73.3 Å². The monoisotopic (exact) mass is 265 g/mol. The van der Waals surface area contributed by atoms with E-state index in [1.165, 1.54) is 23.9 Å². The molecule has 0 bridgehead atoms. The third kappa shape index (κ3) is 3.03. The zero-order valence-electron chi connectivity index (χ0n) is 10.6. The summed E-state index contributed by atoms with van der Waals surface area (Å²) in [6.45, 7) is 0.306. The smallest absolute Gasteiger partial charge is 0.123 e. The van der Waals surface area contributed by atoms with E-state index in [2.05, 4.69) is 5.10 Å². The van der Waals surface area contributed by atoms with E-state index in [1.54, 1.807) is 12.1 Å². The Hall–Kier alpha value is -2.08. The SMILES string of the molecule is COc1ccc(F)cc1Cc1cc(N)n(CCO)n1. The van der Waals surface area contributed by atoms with Crippen molar-refractivity contribution in [2.75, 3.05) is 19.5 Å². The van der Waals surface area contributed by atoms with E-state index >= 15 is 0 Å². The molecule has 102 valence electrons. The van der Waals surface area contributed by atoms with E-state index < -0.39 is 0 Å². The van der Waals surface area contributed by atoms with Gasteiger partial charge >= 0.3 is 0 Å². The number of anilines is 1. The number of nitrogens with zero attached hydrogens (tertiary/aromatic N) is 2. The molecule has 0 radical (unpaired) electrons. The molecule has 0 fully saturated rings. The number of rotatable bonds is 5. The molecule has 6 heteroatoms. The maximum atomic E-state index is 13.3. The van der Waals surface area contributed by atoms with Crippen molar-refractivity contribution >= 4 is 5.82 Å². The summed E-state index contributed by atoms with van der Waals surface area (Å²) in [7, 11) is 1.54. The Balaban J connectivity index is 2.25. The average Bonchev–Trinajstić information content (AvgIpc) is 2.71. The van der Waals surface area contributed by atoms with E-state index in [4.69, 9.17) is 15.6 Å². The Morgan fingerprint density at radius 2 is 2.21 bits per heavy atom. The van der Waals surface area contributed by atoms with Crippen LogP contribution in [0, 0.1) is 5.82 Å². The van der Waals surface area contributed by atoms with Crippen molar-refractivity contribution in [3.63, 3.8) is 0 Å². The lowest BCUT2D eigenvalue weighted by molar-refractivity contribution is 0.270. The van der Waals surface area contributed by atoms with Gasteiger partial charge in [0.25, 0.3) is 0 Å². The molecular weight excluding hydrogens is 249 g/mol. The summed E-state index contributed by atoms with van der Waals surface area (Å²) in [5.74, 6) is 0.759. The average molecular weight is 265 g/mol. The van der Waals surface area contributed by atoms with Crippen LogP contribution < -0.4 is 10.5 Å². The molecule has 5 nitrogen and oxygen atoms in total. The van der Waals surface area contributed by atoms with Crippen molar-refractivity contribution < 1.29 is 14.2 Å². The van der Waals surface area contributed by atoms with Crippen LogP contribution in [0.5, 0.6) is 5.75 Å². The summed E-state index contributed by atoms with van der Waals surface area (Å²) >= 11 is 0. The lowest BCUT2D eigenvalue weighted by Crippen LogP contribution is -2.07. The van der Waals surface area contributed by atoms with Gasteiger partial charge < -0.3 is 15.6 Å². The van der Waals surface area contributed by atoms with Crippen molar-refractivity contribution in [2.45, 2.75) is 13.0 Å². The zero-order chi connectivity index (χ0) is 13.8. The van der Waals surface area contributed by atoms with Gasteiger partial charge in [0.1, 0.15) is 17.4 Å². The van der Waals surface area contributed by atoms with Gasteiger partial charge in [0.15, 0.2) is 0 Å². The van der Waals surface area contributed by atoms with Gasteiger partial charge in [-0.3, -0.25) is 0 Å². The van der Waals surface area contributed by atoms with Crippen LogP contribution in [-0.2, 0) is 13.0 Å². The van der Waals surface area contributed by atoms with Crippen molar-refractivity contribution in [1.82, 2.24) is 9.78 Å². The minimum Gasteiger partial charge on any atom is -0.496 e. The molecule has 1 aromatic carbocycles. The number of hydrogen-bond donors (Lipinski definition) is 2. The summed E-state index contributed by atoms with van der Waals surface area (Å²) in [6.07, 6.45) is 0.420. The van der Waals surface area contributed by atoms with E-state index in [1.807, 2.05) is 0 Å². The van der Waals surface area contributed by atoms with E-state index in [-0.39, 0.29) is 12.4 Å². The van der Waals surface area contributed by atoms with Crippen LogP contribution >= 0.6 is 0 Å². The van der Waals surface area contributed by atoms with Gasteiger partial charge in [0.05, 0.1) is 26.0 Å². The molecular formula is C13H16FN3O2. The molecule has 2 rings (SSSR count). The fourth-order valence-electron chi connectivity index (χ4n) is 1.93. The number of aliphatic hydroxyl groups excluding tert-OH is 1. The normalized spacial score (nSPS) is 10.7. The second kappa shape index (κ2) is 5.71. The van der Waals surface area contributed by atoms with Gasteiger partial charge in [-0.15, -0.1) is 0 Å². The molecule has 0 saturated carbocycles. The Bertz CT molecular complexity index is 569. The van der Waals surface area contributed by atoms with Gasteiger partial charge in [0.2, 0.25) is 0 Å². The molecule has 0 saturated heterocycles. The highest BCUT2D eigenvalue weighted by Crippen LogP contribution is 2.22. The molecule has 0 aliphatic carbocycles. The first-order valence-electron chi connectivity index (χ1n) is 5.89. The third-order valence-electron chi connectivity index (χ3n) is 2.79. The van der Waals surface area contributed by atoms with Gasteiger partial charge in [0, 0.05) is 18.1 Å². The minimum atomic E-state index is -0.321. The number of hydrogen-bond acceptors (Lipinski definition) is 4. The fourth-order valence-corrected chi connectivity index (χ4v) is 1.93. The quantitative estimate of drug-likeness (QED) is 0.852. The highest BCUT2D eigenvalue weighted by molar-refractivity contribution is 5.39. The molecule has 0 atom stereocenters. The van der Waals surface area contributed by atoms with Crippen LogP contribution in [0.3, 0.4) is 0 Å². The number of aliphatic hydroxyl groups is 1. The highest BCUT2D eigenvalue weighted by atomic mass is 19.1. The maximum Gasteiger partial charge on any atom is 0.123 e. The lowest BCUT2D eigenvalue weighted by Gasteiger charge is -2.06. The number of methoxy groups -OCH3 is 1. The molecule has 0 unspecified atom stereocenters. The largest absolute Gasteiger partial charge is 0.496 e. The lowest BCUT2D eigenvalue weighted by atomic mass is 10.1. The van der Waals surface area contributed by atoms with Crippen LogP contribution in [0.25, 0.3) is 0 Å². The Morgan fingerprint density at radius 3 is 2.89 bits per heavy atom. The van der Waals surface area contributed by atoms with Crippen LogP contribution in [0.4, 0.5) is 10.2 Å². The Morgan fingerprint density at radius 1 is 1.42 bits per heavy atom. The maximum absolute atomic E-state index is 13.3. The summed E-state index contributed by atoms with van der Waals surface area (Å²) in [5, 5.41) is 13.1. The number of ether oxygens (including phenoxy) is 1. The number of aromatic nitrogens is 2. The van der Waals surface area contributed by atoms with E-state index in [0.29, 0.717) is 35.8 Å². The standard InChI is InChI=1S/C13H16FN3O2/c1-19-12-3-2-10(14)6-9(12)7-11-8-13(15)17(16-11)4-5-18/h2-3,6,8,18H,4-5,7,15H2,1H3. The van der Waals surface area contributed by atoms with Crippen molar-refractivity contribution in [3.8, 4) is 5.75 Å². The zero-order valence-corrected chi connectivity index (χ0v) is 10.6. The van der Waals surface area contributed by atoms with Crippen molar-refractivity contribution in [2.24, 2.45) is 0 Å². The first-order chi connectivity index (χ1) is 9.13. The molecule has 1 heterocycles. The Kier molecular flexibility index (Phi) is 4.01. The second-order valence-corrected chi connectivity index (χ2v) is 4.14. The van der Waals surface area contributed by atoms with Crippen LogP contribution in [-0.4, -0.2) is 28.6 Å². The third-order valence-corrected chi connectivity index (χ3v) is 2.79. The molecule has 0 amide bonds. The summed E-state index contributed by atoms with van der Waals surface area (Å²) in [6, 6.07) is 6.06. The first kappa shape index (κ1) is 13.4. The van der Waals surface area contributed by atoms with E-state index in [0.717, 1.165) is 0 Å². The molecule has 0 aliphatic rings. The predicted octanol–water partition coefficient (Wildman–Crippen LogP) is 1.20. The summed E-state index contributed by atoms with van der Waals surface area (Å²) in [4.78, 5) is 0. The molecule has 0 spiro atoms. The van der Waals surface area contributed by atoms with E-state index in [9.17, 15) is 4.39 Å². The molecule has 0 aliphatic heterocycles. The summed E-state index contributed by atoms with van der Waals surface area (Å²) in [5.41, 5.74) is 7.17. The first-order valence-corrected chi connectivity index (χ1v) is 5.89. The number of benzene rings is 1. The van der Waals surface area contributed by atoms with Gasteiger partial charge in [-0.25, -0.2) is 9.07 Å². The van der Waals surface area contributed by atoms with Gasteiger partial charge in [-0.1, -0.05) is 0 Å². The number of nitrogen functional groups attached to an aromatic ring is 1. The molecule has 3 N–H and O–H groups in total. The fraction of sp³-hybridized carbons (Fsp3) is 0.308. The van der Waals surface area contributed by atoms with Gasteiger partial charge in [-0.2, -0.15) is 5.10 Å². The molecule has 2 aromatic rings. The molecule has 1 aromatic heterocycles. The van der Waals surface area contributed by atoms with Crippen molar-refractivity contribution in [1.29, 1.82) is 0 Å². The molecule has 19 heavy (non-hydrogen) atoms. The number of nitrogens with two attached hydrogens (primary N) is 1. The Labute approximate surface area is 110 Å². The van der Waals surface area contributed by atoms with Gasteiger partial charge in [-0.05, 0) is 18.2 Å². The predicted molar refractivity (Wildman–Crippen MR) is 69.5 cm³/mol. The highest BCUT2D eigenvalue weighted by Gasteiger charge is 2.10. The second-order valence-electron chi connectivity index (χ2n) is 4.14.